The monoisotopic (exact) mass is 512 g/mol. The van der Waals surface area contributed by atoms with Crippen molar-refractivity contribution in [1.29, 1.82) is 0 Å². The van der Waals surface area contributed by atoms with Crippen LogP contribution < -0.4 is 20.1 Å². The zero-order valence-electron chi connectivity index (χ0n) is 17.9. The zero-order valence-corrected chi connectivity index (χ0v) is 20.2. The highest BCUT2D eigenvalue weighted by atomic mass is 35.5. The molecule has 1 unspecified atom stereocenters. The largest absolute Gasteiger partial charge is 0.493 e. The molecule has 1 saturated carbocycles. The van der Waals surface area contributed by atoms with Gasteiger partial charge in [-0.15, -0.1) is 12.4 Å². The summed E-state index contributed by atoms with van der Waals surface area (Å²) in [7, 11) is 1.59. The van der Waals surface area contributed by atoms with Crippen LogP contribution in [0.5, 0.6) is 11.5 Å². The number of nitrogens with zero attached hydrogens (tertiary/aromatic N) is 2. The summed E-state index contributed by atoms with van der Waals surface area (Å²) in [6.07, 6.45) is 3.81. The van der Waals surface area contributed by atoms with Crippen LogP contribution in [0, 0.1) is 23.6 Å². The van der Waals surface area contributed by atoms with Gasteiger partial charge in [-0.3, -0.25) is 0 Å². The minimum atomic E-state index is -0.644. The predicted molar refractivity (Wildman–Crippen MR) is 131 cm³/mol. The second-order valence-corrected chi connectivity index (χ2v) is 9.20. The fourth-order valence-corrected chi connectivity index (χ4v) is 5.13. The van der Waals surface area contributed by atoms with Gasteiger partial charge >= 0.3 is 0 Å². The molecule has 3 atom stereocenters. The molecule has 2 aliphatic rings. The van der Waals surface area contributed by atoms with E-state index in [-0.39, 0.29) is 28.1 Å². The van der Waals surface area contributed by atoms with Crippen LogP contribution >= 0.6 is 35.6 Å². The summed E-state index contributed by atoms with van der Waals surface area (Å²) in [6, 6.07) is 6.68. The van der Waals surface area contributed by atoms with Gasteiger partial charge in [0.15, 0.2) is 17.3 Å². The number of rotatable bonds is 6. The Kier molecular flexibility index (Phi) is 7.34. The molecular formula is C23H24Cl3FN4O2. The van der Waals surface area contributed by atoms with Crippen molar-refractivity contribution in [3.05, 3.63) is 46.5 Å². The lowest BCUT2D eigenvalue weighted by Crippen LogP contribution is -2.15. The van der Waals surface area contributed by atoms with Crippen LogP contribution in [-0.2, 0) is 0 Å². The van der Waals surface area contributed by atoms with Gasteiger partial charge in [-0.25, -0.2) is 14.4 Å². The number of benzene rings is 2. The van der Waals surface area contributed by atoms with Crippen molar-refractivity contribution in [3.8, 4) is 11.5 Å². The molecule has 1 saturated heterocycles. The third-order valence-electron chi connectivity index (χ3n) is 6.44. The van der Waals surface area contributed by atoms with Gasteiger partial charge < -0.3 is 20.1 Å². The molecule has 6 nitrogen and oxygen atoms in total. The molecule has 1 aliphatic heterocycles. The maximum absolute atomic E-state index is 14.5. The summed E-state index contributed by atoms with van der Waals surface area (Å²) in [5, 5.41) is 7.13. The van der Waals surface area contributed by atoms with Gasteiger partial charge in [-0.1, -0.05) is 23.2 Å². The van der Waals surface area contributed by atoms with Gasteiger partial charge in [0, 0.05) is 11.5 Å². The van der Waals surface area contributed by atoms with Crippen LogP contribution in [0.1, 0.15) is 12.8 Å². The van der Waals surface area contributed by atoms with Crippen LogP contribution in [0.15, 0.2) is 30.6 Å². The molecule has 1 aromatic heterocycles. The summed E-state index contributed by atoms with van der Waals surface area (Å²) in [6.45, 7) is 2.89. The molecule has 2 fully saturated rings. The van der Waals surface area contributed by atoms with Crippen LogP contribution in [0.25, 0.3) is 10.9 Å². The lowest BCUT2D eigenvalue weighted by atomic mass is 10.0. The first-order chi connectivity index (χ1) is 15.5. The van der Waals surface area contributed by atoms with Gasteiger partial charge in [0.2, 0.25) is 0 Å². The van der Waals surface area contributed by atoms with Crippen LogP contribution in [0.2, 0.25) is 10.0 Å². The smallest absolute Gasteiger partial charge is 0.166 e. The quantitative estimate of drug-likeness (QED) is 0.402. The number of ether oxygens (including phenoxy) is 2. The van der Waals surface area contributed by atoms with Crippen LogP contribution in [0.3, 0.4) is 0 Å². The summed E-state index contributed by atoms with van der Waals surface area (Å²) < 4.78 is 26.3. The first-order valence-corrected chi connectivity index (χ1v) is 11.4. The molecule has 2 N–H and O–H groups in total. The molecule has 0 spiro atoms. The van der Waals surface area contributed by atoms with Crippen molar-refractivity contribution < 1.29 is 13.9 Å². The molecule has 3 aromatic rings. The minimum absolute atomic E-state index is 0. The summed E-state index contributed by atoms with van der Waals surface area (Å²) in [4.78, 5) is 8.64. The van der Waals surface area contributed by atoms with E-state index in [2.05, 4.69) is 20.6 Å². The van der Waals surface area contributed by atoms with Crippen LogP contribution in [0.4, 0.5) is 15.9 Å². The summed E-state index contributed by atoms with van der Waals surface area (Å²) >= 11 is 11.8. The molecule has 5 rings (SSSR count). The Labute approximate surface area is 207 Å². The van der Waals surface area contributed by atoms with E-state index in [1.165, 1.54) is 31.3 Å². The summed E-state index contributed by atoms with van der Waals surface area (Å²) in [5.41, 5.74) is 0.825. The number of fused-ring (bicyclic) bond motifs is 2. The molecule has 33 heavy (non-hydrogen) atoms. The molecule has 0 amide bonds. The van der Waals surface area contributed by atoms with Crippen molar-refractivity contribution in [2.24, 2.45) is 17.8 Å². The first kappa shape index (κ1) is 24.1. The van der Waals surface area contributed by atoms with E-state index in [4.69, 9.17) is 32.7 Å². The molecule has 0 bridgehead atoms. The van der Waals surface area contributed by atoms with E-state index >= 15 is 0 Å². The standard InChI is InChI=1S/C23H23Cl2FN4O2.ClH/c1-31-19-6-15-18(7-20(19)32-10-12-4-13-8-27-9-14(13)5-12)28-11-29-23(15)30-17-3-2-16(24)21(25)22(17)26;/h2-3,6-7,11-14,27H,4-5,8-10H2,1H3,(H,28,29,30);1H/t12?,13-,14+;. The number of methoxy groups -OCH3 is 1. The Bertz CT molecular complexity index is 1150. The predicted octanol–water partition coefficient (Wildman–Crippen LogP) is 5.87. The minimum Gasteiger partial charge on any atom is -0.493 e. The number of anilines is 2. The molecular weight excluding hydrogens is 490 g/mol. The van der Waals surface area contributed by atoms with E-state index in [0.717, 1.165) is 24.9 Å². The molecule has 2 aromatic carbocycles. The average Bonchev–Trinajstić information content (AvgIpc) is 3.39. The van der Waals surface area contributed by atoms with Gasteiger partial charge in [0.1, 0.15) is 12.1 Å². The topological polar surface area (TPSA) is 68.3 Å². The van der Waals surface area contributed by atoms with E-state index < -0.39 is 5.82 Å². The van der Waals surface area contributed by atoms with Crippen molar-refractivity contribution in [2.45, 2.75) is 12.8 Å². The third-order valence-corrected chi connectivity index (χ3v) is 7.22. The highest BCUT2D eigenvalue weighted by Crippen LogP contribution is 2.40. The van der Waals surface area contributed by atoms with Crippen LogP contribution in [-0.4, -0.2) is 36.8 Å². The average molecular weight is 514 g/mol. The fourth-order valence-electron chi connectivity index (χ4n) is 4.82. The van der Waals surface area contributed by atoms with Crippen molar-refractivity contribution in [3.63, 3.8) is 0 Å². The Morgan fingerprint density at radius 1 is 1.12 bits per heavy atom. The number of halogens is 4. The Morgan fingerprint density at radius 3 is 2.61 bits per heavy atom. The number of hydrogen-bond donors (Lipinski definition) is 2. The summed E-state index contributed by atoms with van der Waals surface area (Å²) in [5.74, 6) is 3.08. The number of hydrogen-bond acceptors (Lipinski definition) is 6. The lowest BCUT2D eigenvalue weighted by Gasteiger charge is -2.17. The lowest BCUT2D eigenvalue weighted by molar-refractivity contribution is 0.234. The maximum atomic E-state index is 14.5. The number of nitrogens with one attached hydrogen (secondary N) is 2. The zero-order chi connectivity index (χ0) is 22.2. The molecule has 176 valence electrons. The second-order valence-electron chi connectivity index (χ2n) is 8.42. The highest BCUT2D eigenvalue weighted by molar-refractivity contribution is 6.42. The van der Waals surface area contributed by atoms with E-state index in [0.29, 0.717) is 40.7 Å². The first-order valence-electron chi connectivity index (χ1n) is 10.6. The second kappa shape index (κ2) is 10.1. The molecule has 2 heterocycles. The van der Waals surface area contributed by atoms with Gasteiger partial charge in [-0.2, -0.15) is 0 Å². The Morgan fingerprint density at radius 2 is 1.88 bits per heavy atom. The SMILES string of the molecule is COc1cc2c(Nc3ccc(Cl)c(Cl)c3F)ncnc2cc1OCC1C[C@H]2CNC[C@H]2C1.Cl. The van der Waals surface area contributed by atoms with Gasteiger partial charge in [-0.05, 0) is 61.9 Å². The Balaban J connectivity index is 0.00000259. The van der Waals surface area contributed by atoms with Gasteiger partial charge in [0.25, 0.3) is 0 Å². The molecule has 0 radical (unpaired) electrons. The fraction of sp³-hybridized carbons (Fsp3) is 0.391. The van der Waals surface area contributed by atoms with Gasteiger partial charge in [0.05, 0.1) is 35.0 Å². The molecule has 10 heteroatoms. The molecule has 1 aliphatic carbocycles. The van der Waals surface area contributed by atoms with E-state index in [1.54, 1.807) is 13.2 Å². The van der Waals surface area contributed by atoms with Crippen molar-refractivity contribution >= 4 is 58.0 Å². The van der Waals surface area contributed by atoms with Crippen molar-refractivity contribution in [1.82, 2.24) is 15.3 Å². The Hall–Kier alpha value is -2.06. The number of aromatic nitrogens is 2. The highest BCUT2D eigenvalue weighted by Gasteiger charge is 2.37. The van der Waals surface area contributed by atoms with E-state index in [9.17, 15) is 4.39 Å². The third kappa shape index (κ3) is 4.78. The van der Waals surface area contributed by atoms with E-state index in [1.807, 2.05) is 6.07 Å². The maximum Gasteiger partial charge on any atom is 0.166 e. The van der Waals surface area contributed by atoms with Crippen molar-refractivity contribution in [2.75, 3.05) is 32.1 Å². The normalized spacial score (nSPS) is 21.5.